The number of halogens is 2. The highest BCUT2D eigenvalue weighted by atomic mass is 35.5. The number of nitrogens with two attached hydrogens (primary N) is 1. The van der Waals surface area contributed by atoms with E-state index in [0.717, 1.165) is 0 Å². The van der Waals surface area contributed by atoms with E-state index in [4.69, 9.17) is 33.7 Å². The number of carbonyl (C=O) groups excluding carboxylic acids is 2. The highest BCUT2D eigenvalue weighted by Gasteiger charge is 2.30. The number of sulfonamides is 1. The van der Waals surface area contributed by atoms with Crippen molar-refractivity contribution in [2.45, 2.75) is 4.90 Å². The molecule has 0 aromatic heterocycles. The fourth-order valence-electron chi connectivity index (χ4n) is 2.98. The van der Waals surface area contributed by atoms with Crippen LogP contribution in [0.3, 0.4) is 0 Å². The van der Waals surface area contributed by atoms with Crippen molar-refractivity contribution in [2.24, 2.45) is 5.73 Å². The number of ether oxygens (including phenoxy) is 1. The van der Waals surface area contributed by atoms with Crippen molar-refractivity contribution in [3.05, 3.63) is 58.1 Å². The maximum absolute atomic E-state index is 12.7. The minimum atomic E-state index is -3.66. The van der Waals surface area contributed by atoms with Crippen molar-refractivity contribution >= 4 is 45.0 Å². The Morgan fingerprint density at radius 1 is 0.967 bits per heavy atom. The van der Waals surface area contributed by atoms with Gasteiger partial charge >= 0.3 is 0 Å². The third-order valence-corrected chi connectivity index (χ3v) is 7.00. The molecule has 8 nitrogen and oxygen atoms in total. The van der Waals surface area contributed by atoms with Gasteiger partial charge in [-0.3, -0.25) is 9.59 Å². The molecule has 0 aliphatic carbocycles. The van der Waals surface area contributed by atoms with E-state index in [0.29, 0.717) is 10.0 Å². The van der Waals surface area contributed by atoms with Crippen LogP contribution < -0.4 is 10.5 Å². The summed E-state index contributed by atoms with van der Waals surface area (Å²) >= 11 is 11.7. The van der Waals surface area contributed by atoms with Gasteiger partial charge in [0.25, 0.3) is 11.8 Å². The highest BCUT2D eigenvalue weighted by molar-refractivity contribution is 7.89. The van der Waals surface area contributed by atoms with E-state index in [1.54, 1.807) is 0 Å². The van der Waals surface area contributed by atoms with E-state index in [2.05, 4.69) is 0 Å². The molecule has 0 unspecified atom stereocenters. The lowest BCUT2D eigenvalue weighted by Crippen LogP contribution is -2.51. The topological polar surface area (TPSA) is 110 Å². The largest absolute Gasteiger partial charge is 0.483 e. The van der Waals surface area contributed by atoms with Gasteiger partial charge in [-0.05, 0) is 42.5 Å². The van der Waals surface area contributed by atoms with Crippen LogP contribution in [0, 0.1) is 0 Å². The molecule has 0 bridgehead atoms. The average Bonchev–Trinajstić information content (AvgIpc) is 2.73. The van der Waals surface area contributed by atoms with Crippen molar-refractivity contribution in [1.82, 2.24) is 9.21 Å². The molecule has 1 fully saturated rings. The number of piperazine rings is 1. The molecule has 30 heavy (non-hydrogen) atoms. The molecule has 3 rings (SSSR count). The van der Waals surface area contributed by atoms with E-state index < -0.39 is 15.9 Å². The zero-order chi connectivity index (χ0) is 21.9. The molecule has 0 atom stereocenters. The van der Waals surface area contributed by atoms with Crippen LogP contribution in [0.4, 0.5) is 0 Å². The Morgan fingerprint density at radius 2 is 1.57 bits per heavy atom. The van der Waals surface area contributed by atoms with E-state index >= 15 is 0 Å². The number of nitrogens with zero attached hydrogens (tertiary/aromatic N) is 2. The molecule has 0 radical (unpaired) electrons. The lowest BCUT2D eigenvalue weighted by atomic mass is 10.2. The van der Waals surface area contributed by atoms with Gasteiger partial charge in [-0.2, -0.15) is 4.31 Å². The number of hydrogen-bond donors (Lipinski definition) is 1. The van der Waals surface area contributed by atoms with E-state index in [1.165, 1.54) is 51.7 Å². The summed E-state index contributed by atoms with van der Waals surface area (Å²) in [6.45, 7) is 0.441. The second-order valence-electron chi connectivity index (χ2n) is 6.53. The van der Waals surface area contributed by atoms with Gasteiger partial charge in [0.1, 0.15) is 5.75 Å². The van der Waals surface area contributed by atoms with Crippen LogP contribution in [0.1, 0.15) is 10.4 Å². The van der Waals surface area contributed by atoms with Gasteiger partial charge in [-0.25, -0.2) is 8.42 Å². The summed E-state index contributed by atoms with van der Waals surface area (Å²) in [6, 6.07) is 10.3. The first kappa shape index (κ1) is 22.4. The highest BCUT2D eigenvalue weighted by Crippen LogP contribution is 2.23. The molecule has 1 aliphatic rings. The third-order valence-electron chi connectivity index (χ3n) is 4.60. The van der Waals surface area contributed by atoms with Crippen molar-refractivity contribution in [1.29, 1.82) is 0 Å². The first-order chi connectivity index (χ1) is 14.2. The molecular formula is C19H19Cl2N3O5S. The molecule has 2 amide bonds. The maximum atomic E-state index is 12.7. The van der Waals surface area contributed by atoms with E-state index in [1.807, 2.05) is 0 Å². The second-order valence-corrected chi connectivity index (χ2v) is 9.34. The molecular weight excluding hydrogens is 453 g/mol. The number of hydrogen-bond acceptors (Lipinski definition) is 5. The van der Waals surface area contributed by atoms with Gasteiger partial charge in [0.2, 0.25) is 10.0 Å². The molecule has 1 aliphatic heterocycles. The molecule has 11 heteroatoms. The van der Waals surface area contributed by atoms with Crippen LogP contribution in [0.2, 0.25) is 10.0 Å². The summed E-state index contributed by atoms with van der Waals surface area (Å²) in [6.07, 6.45) is 0. The fourth-order valence-corrected chi connectivity index (χ4v) is 4.71. The van der Waals surface area contributed by atoms with Gasteiger partial charge in [0.15, 0.2) is 6.61 Å². The second kappa shape index (κ2) is 9.22. The summed E-state index contributed by atoms with van der Waals surface area (Å²) in [4.78, 5) is 25.6. The standard InChI is InChI=1S/C19H19Cl2N3O5S/c20-13-1-4-15(5-2-13)30(27,28)24-9-7-23(8-10-24)18(25)12-29-17-6-3-14(21)11-16(17)19(22)26/h1-6,11H,7-10,12H2,(H2,22,26). The molecule has 2 N–H and O–H groups in total. The van der Waals surface area contributed by atoms with Gasteiger partial charge in [-0.1, -0.05) is 23.2 Å². The Morgan fingerprint density at radius 3 is 2.17 bits per heavy atom. The fraction of sp³-hybridized carbons (Fsp3) is 0.263. The molecule has 1 saturated heterocycles. The minimum Gasteiger partial charge on any atom is -0.483 e. The van der Waals surface area contributed by atoms with Crippen molar-refractivity contribution in [3.8, 4) is 5.75 Å². The van der Waals surface area contributed by atoms with Crippen LogP contribution >= 0.6 is 23.2 Å². The van der Waals surface area contributed by atoms with Crippen LogP contribution in [-0.4, -0.2) is 62.2 Å². The Hall–Kier alpha value is -2.33. The molecule has 2 aromatic rings. The predicted octanol–water partition coefficient (Wildman–Crippen LogP) is 2.00. The van der Waals surface area contributed by atoms with E-state index in [-0.39, 0.29) is 54.9 Å². The minimum absolute atomic E-state index is 0.0779. The third kappa shape index (κ3) is 5.04. The number of rotatable bonds is 6. The number of carbonyl (C=O) groups is 2. The summed E-state index contributed by atoms with van der Waals surface area (Å²) in [7, 11) is -3.66. The summed E-state index contributed by atoms with van der Waals surface area (Å²) < 4.78 is 32.2. The number of amides is 2. The number of benzene rings is 2. The first-order valence-electron chi connectivity index (χ1n) is 8.94. The van der Waals surface area contributed by atoms with E-state index in [9.17, 15) is 18.0 Å². The SMILES string of the molecule is NC(=O)c1cc(Cl)ccc1OCC(=O)N1CCN(S(=O)(=O)c2ccc(Cl)cc2)CC1. The van der Waals surface area contributed by atoms with Gasteiger partial charge in [0.05, 0.1) is 10.5 Å². The van der Waals surface area contributed by atoms with Crippen LogP contribution in [-0.2, 0) is 14.8 Å². The monoisotopic (exact) mass is 471 g/mol. The lowest BCUT2D eigenvalue weighted by Gasteiger charge is -2.34. The first-order valence-corrected chi connectivity index (χ1v) is 11.1. The zero-order valence-corrected chi connectivity index (χ0v) is 18.1. The Balaban J connectivity index is 1.58. The Labute approximate surface area is 184 Å². The Kier molecular flexibility index (Phi) is 6.87. The summed E-state index contributed by atoms with van der Waals surface area (Å²) in [5, 5.41) is 0.769. The smallest absolute Gasteiger partial charge is 0.260 e. The lowest BCUT2D eigenvalue weighted by molar-refractivity contribution is -0.134. The zero-order valence-electron chi connectivity index (χ0n) is 15.8. The Bertz CT molecular complexity index is 1050. The summed E-state index contributed by atoms with van der Waals surface area (Å²) in [5.41, 5.74) is 5.38. The number of primary amides is 1. The quantitative estimate of drug-likeness (QED) is 0.692. The molecule has 1 heterocycles. The predicted molar refractivity (Wildman–Crippen MR) is 112 cm³/mol. The van der Waals surface area contributed by atoms with Crippen molar-refractivity contribution < 1.29 is 22.7 Å². The molecule has 0 spiro atoms. The van der Waals surface area contributed by atoms with Gasteiger partial charge in [0, 0.05) is 36.2 Å². The van der Waals surface area contributed by atoms with Crippen molar-refractivity contribution in [3.63, 3.8) is 0 Å². The normalized spacial score (nSPS) is 15.1. The maximum Gasteiger partial charge on any atom is 0.260 e. The van der Waals surface area contributed by atoms with Crippen LogP contribution in [0.5, 0.6) is 5.75 Å². The molecule has 2 aromatic carbocycles. The summed E-state index contributed by atoms with van der Waals surface area (Å²) in [5.74, 6) is -0.894. The van der Waals surface area contributed by atoms with Gasteiger partial charge in [-0.15, -0.1) is 0 Å². The van der Waals surface area contributed by atoms with Crippen molar-refractivity contribution in [2.75, 3.05) is 32.8 Å². The average molecular weight is 472 g/mol. The molecule has 0 saturated carbocycles. The molecule has 160 valence electrons. The van der Waals surface area contributed by atoms with Crippen LogP contribution in [0.25, 0.3) is 0 Å². The van der Waals surface area contributed by atoms with Crippen LogP contribution in [0.15, 0.2) is 47.4 Å². The van der Waals surface area contributed by atoms with Gasteiger partial charge < -0.3 is 15.4 Å².